The lowest BCUT2D eigenvalue weighted by molar-refractivity contribution is -0.149. The number of carbonyl (C=O) groups is 1. The number of H-pyrrole nitrogens is 1. The zero-order valence-electron chi connectivity index (χ0n) is 24.8. The number of nitrogens with one attached hydrogen (secondary N) is 2. The van der Waals surface area contributed by atoms with Gasteiger partial charge in [-0.15, -0.1) is 0 Å². The Bertz CT molecular complexity index is 1390. The predicted octanol–water partition coefficient (Wildman–Crippen LogP) is 4.30. The number of nitrogens with zero attached hydrogens (tertiary/aromatic N) is 1. The number of aromatic amines is 1. The standard InChI is InChI=1S/C29H36N3O7P.CH4O/c1-18(2)37-28(34)21(5)31-40(39-24-12-10-23(11-13-24)22-8-6-19(3)7-9-22)36-17-25-16-20(4)27(38-25)32-15-14-26(33)30-29(32)35;1-2/h6-15,18,20-21,25,27,31H,16-17H2,1-5H3,(H,30,33,35);2H,1H3/t20?,21-,25?,27?,40?;/m0./s1. The number of aliphatic hydroxyl groups excluding tert-OH is 1. The number of hydrogen-bond acceptors (Lipinski definition) is 9. The van der Waals surface area contributed by atoms with E-state index < -0.39 is 38.0 Å². The fraction of sp³-hybridized carbons (Fsp3) is 0.433. The Morgan fingerprint density at radius 2 is 1.69 bits per heavy atom. The zero-order chi connectivity index (χ0) is 30.8. The Morgan fingerprint density at radius 3 is 2.29 bits per heavy atom. The quantitative estimate of drug-likeness (QED) is 0.217. The largest absolute Gasteiger partial charge is 0.462 e. The molecule has 1 aliphatic heterocycles. The number of aryl methyl sites for hydroxylation is 1. The molecule has 42 heavy (non-hydrogen) atoms. The second kappa shape index (κ2) is 15.8. The molecule has 12 heteroatoms. The summed E-state index contributed by atoms with van der Waals surface area (Å²) in [6.45, 7) is 9.47. The molecule has 1 aromatic heterocycles. The molecule has 3 N–H and O–H groups in total. The van der Waals surface area contributed by atoms with Crippen LogP contribution in [0, 0.1) is 12.8 Å². The number of carbonyl (C=O) groups excluding carboxylic acids is 1. The molecule has 1 aliphatic rings. The summed E-state index contributed by atoms with van der Waals surface area (Å²) in [6.07, 6.45) is 0.963. The molecule has 2 aromatic carbocycles. The molecule has 0 amide bonds. The van der Waals surface area contributed by atoms with Gasteiger partial charge in [0, 0.05) is 25.3 Å². The first-order valence-electron chi connectivity index (χ1n) is 13.8. The van der Waals surface area contributed by atoms with Crippen LogP contribution in [-0.4, -0.2) is 52.6 Å². The predicted molar refractivity (Wildman–Crippen MR) is 161 cm³/mol. The minimum Gasteiger partial charge on any atom is -0.462 e. The second-order valence-corrected chi connectivity index (χ2v) is 11.5. The molecule has 4 unspecified atom stereocenters. The monoisotopic (exact) mass is 601 g/mol. The van der Waals surface area contributed by atoms with E-state index in [1.165, 1.54) is 22.4 Å². The summed E-state index contributed by atoms with van der Waals surface area (Å²) in [5.41, 5.74) is 2.36. The third-order valence-electron chi connectivity index (χ3n) is 6.39. The van der Waals surface area contributed by atoms with Crippen LogP contribution in [0.25, 0.3) is 11.1 Å². The van der Waals surface area contributed by atoms with Gasteiger partial charge >= 0.3 is 20.2 Å². The van der Waals surface area contributed by atoms with Gasteiger partial charge in [0.15, 0.2) is 0 Å². The normalized spacial score (nSPS) is 19.5. The Hall–Kier alpha value is -3.34. The summed E-state index contributed by atoms with van der Waals surface area (Å²) < 4.78 is 25.1. The maximum Gasteiger partial charge on any atom is 0.330 e. The van der Waals surface area contributed by atoms with Gasteiger partial charge in [-0.1, -0.05) is 48.9 Å². The third kappa shape index (κ3) is 9.34. The summed E-state index contributed by atoms with van der Waals surface area (Å²) in [6, 6.07) is 16.6. The Kier molecular flexibility index (Phi) is 12.4. The lowest BCUT2D eigenvalue weighted by atomic mass is 10.0. The highest BCUT2D eigenvalue weighted by Crippen LogP contribution is 2.40. The number of hydrogen-bond donors (Lipinski definition) is 3. The van der Waals surface area contributed by atoms with Gasteiger partial charge in [0.05, 0.1) is 18.8 Å². The van der Waals surface area contributed by atoms with Crippen molar-refractivity contribution < 1.29 is 28.4 Å². The van der Waals surface area contributed by atoms with Crippen molar-refractivity contribution in [2.45, 2.75) is 65.5 Å². The fourth-order valence-electron chi connectivity index (χ4n) is 4.33. The van der Waals surface area contributed by atoms with E-state index in [2.05, 4.69) is 41.3 Å². The molecule has 3 aromatic rings. The summed E-state index contributed by atoms with van der Waals surface area (Å²) in [7, 11) is -0.758. The van der Waals surface area contributed by atoms with Gasteiger partial charge in [0.1, 0.15) is 18.0 Å². The summed E-state index contributed by atoms with van der Waals surface area (Å²) in [4.78, 5) is 38.4. The van der Waals surface area contributed by atoms with Crippen LogP contribution < -0.4 is 20.9 Å². The van der Waals surface area contributed by atoms with Gasteiger partial charge in [0.25, 0.3) is 5.56 Å². The van der Waals surface area contributed by atoms with Gasteiger partial charge in [-0.3, -0.25) is 19.1 Å². The van der Waals surface area contributed by atoms with Crippen molar-refractivity contribution in [1.29, 1.82) is 0 Å². The molecular formula is C30H40N3O8P. The van der Waals surface area contributed by atoms with Crippen molar-refractivity contribution in [3.8, 4) is 16.9 Å². The number of esters is 1. The molecule has 5 atom stereocenters. The van der Waals surface area contributed by atoms with Gasteiger partial charge in [0.2, 0.25) is 0 Å². The molecule has 0 aliphatic carbocycles. The molecule has 0 spiro atoms. The second-order valence-electron chi connectivity index (χ2n) is 10.3. The summed E-state index contributed by atoms with van der Waals surface area (Å²) >= 11 is 0. The molecular weight excluding hydrogens is 561 g/mol. The van der Waals surface area contributed by atoms with Crippen LogP contribution in [0.5, 0.6) is 5.75 Å². The Balaban J connectivity index is 0.00000237. The van der Waals surface area contributed by atoms with Crippen molar-refractivity contribution in [2.75, 3.05) is 13.7 Å². The lowest BCUT2D eigenvalue weighted by Crippen LogP contribution is -2.35. The summed E-state index contributed by atoms with van der Waals surface area (Å²) in [5.74, 6) is 0.177. The van der Waals surface area contributed by atoms with Crippen molar-refractivity contribution in [3.05, 3.63) is 87.2 Å². The molecule has 228 valence electrons. The average molecular weight is 602 g/mol. The number of ether oxygens (including phenoxy) is 2. The van der Waals surface area contributed by atoms with Crippen LogP contribution in [-0.2, 0) is 18.8 Å². The fourth-order valence-corrected chi connectivity index (χ4v) is 5.55. The van der Waals surface area contributed by atoms with E-state index in [1.807, 2.05) is 31.2 Å². The molecule has 11 nitrogen and oxygen atoms in total. The van der Waals surface area contributed by atoms with Crippen LogP contribution in [0.1, 0.15) is 45.9 Å². The van der Waals surface area contributed by atoms with Crippen molar-refractivity contribution >= 4 is 14.5 Å². The first kappa shape index (κ1) is 33.2. The smallest absolute Gasteiger partial charge is 0.330 e. The first-order valence-corrected chi connectivity index (χ1v) is 14.9. The van der Waals surface area contributed by atoms with Crippen LogP contribution in [0.2, 0.25) is 0 Å². The van der Waals surface area contributed by atoms with E-state index >= 15 is 0 Å². The van der Waals surface area contributed by atoms with Crippen LogP contribution in [0.3, 0.4) is 0 Å². The molecule has 1 saturated heterocycles. The topological polar surface area (TPSA) is 141 Å². The molecule has 0 bridgehead atoms. The first-order chi connectivity index (χ1) is 20.1. The molecule has 1 fully saturated rings. The van der Waals surface area contributed by atoms with E-state index in [9.17, 15) is 14.4 Å². The van der Waals surface area contributed by atoms with E-state index in [4.69, 9.17) is 23.6 Å². The Morgan fingerprint density at radius 1 is 1.07 bits per heavy atom. The van der Waals surface area contributed by atoms with E-state index in [0.717, 1.165) is 18.2 Å². The SMILES string of the molecule is CO.Cc1ccc(-c2ccc(OP(N[C@@H](C)C(=O)OC(C)C)OCC3CC(C)C(n4ccc(=O)[nH]c4=O)O3)cc2)cc1. The van der Waals surface area contributed by atoms with E-state index in [0.29, 0.717) is 12.2 Å². The number of aliphatic hydroxyl groups is 1. The third-order valence-corrected chi connectivity index (χ3v) is 7.75. The van der Waals surface area contributed by atoms with Gasteiger partial charge in [-0.2, -0.15) is 0 Å². The maximum absolute atomic E-state index is 12.5. The maximum atomic E-state index is 12.5. The highest BCUT2D eigenvalue weighted by Gasteiger charge is 2.35. The highest BCUT2D eigenvalue weighted by atomic mass is 31.2. The van der Waals surface area contributed by atoms with Crippen LogP contribution in [0.4, 0.5) is 0 Å². The molecule has 4 rings (SSSR count). The minimum atomic E-state index is -1.76. The van der Waals surface area contributed by atoms with Gasteiger partial charge in [-0.05, 0) is 57.4 Å². The van der Waals surface area contributed by atoms with E-state index in [1.54, 1.807) is 20.8 Å². The Labute approximate surface area is 246 Å². The van der Waals surface area contributed by atoms with Crippen molar-refractivity contribution in [1.82, 2.24) is 14.6 Å². The molecule has 0 radical (unpaired) electrons. The van der Waals surface area contributed by atoms with Gasteiger partial charge < -0.3 is 23.6 Å². The lowest BCUT2D eigenvalue weighted by Gasteiger charge is -2.24. The van der Waals surface area contributed by atoms with Crippen molar-refractivity contribution in [2.24, 2.45) is 5.92 Å². The van der Waals surface area contributed by atoms with Gasteiger partial charge in [-0.25, -0.2) is 9.88 Å². The highest BCUT2D eigenvalue weighted by molar-refractivity contribution is 7.45. The number of rotatable bonds is 11. The molecule has 0 saturated carbocycles. The van der Waals surface area contributed by atoms with Crippen molar-refractivity contribution in [3.63, 3.8) is 0 Å². The van der Waals surface area contributed by atoms with Crippen LogP contribution >= 0.6 is 8.53 Å². The van der Waals surface area contributed by atoms with E-state index in [-0.39, 0.29) is 24.7 Å². The summed E-state index contributed by atoms with van der Waals surface area (Å²) in [5, 5.41) is 10.1. The number of benzene rings is 2. The average Bonchev–Trinajstić information content (AvgIpc) is 3.33. The minimum absolute atomic E-state index is 0.00608. The zero-order valence-corrected chi connectivity index (χ0v) is 25.7. The number of aromatic nitrogens is 2. The van der Waals surface area contributed by atoms with Crippen LogP contribution in [0.15, 0.2) is 70.4 Å². The molecule has 2 heterocycles.